The summed E-state index contributed by atoms with van der Waals surface area (Å²) in [6, 6.07) is 5.09. The Morgan fingerprint density at radius 3 is 2.76 bits per heavy atom. The number of halogens is 2. The van der Waals surface area contributed by atoms with E-state index in [9.17, 15) is 4.79 Å². The van der Waals surface area contributed by atoms with Gasteiger partial charge in [-0.3, -0.25) is 4.79 Å². The second-order valence-corrected chi connectivity index (χ2v) is 4.68. The summed E-state index contributed by atoms with van der Waals surface area (Å²) in [7, 11) is 1.60. The van der Waals surface area contributed by atoms with Gasteiger partial charge < -0.3 is 10.1 Å². The molecule has 0 spiro atoms. The second kappa shape index (κ2) is 6.84. The van der Waals surface area contributed by atoms with Crippen LogP contribution in [0.2, 0.25) is 10.0 Å². The molecule has 3 nitrogen and oxygen atoms in total. The van der Waals surface area contributed by atoms with Gasteiger partial charge in [-0.25, -0.2) is 0 Å². The standard InChI is InChI=1S/C12H15Cl2NO2/c1-8(7-17-2)15-12(16)5-9-3-4-10(13)6-11(9)14/h3-4,6,8H,5,7H2,1-2H3,(H,15,16). The summed E-state index contributed by atoms with van der Waals surface area (Å²) in [5.41, 5.74) is 0.762. The van der Waals surface area contributed by atoms with Crippen molar-refractivity contribution in [2.45, 2.75) is 19.4 Å². The van der Waals surface area contributed by atoms with E-state index < -0.39 is 0 Å². The Hall–Kier alpha value is -0.770. The van der Waals surface area contributed by atoms with Gasteiger partial charge in [-0.05, 0) is 24.6 Å². The molecule has 0 aliphatic carbocycles. The van der Waals surface area contributed by atoms with Crippen LogP contribution in [0.3, 0.4) is 0 Å². The zero-order chi connectivity index (χ0) is 12.8. The largest absolute Gasteiger partial charge is 0.383 e. The van der Waals surface area contributed by atoms with E-state index in [1.54, 1.807) is 25.3 Å². The fourth-order valence-corrected chi connectivity index (χ4v) is 1.93. The molecule has 5 heteroatoms. The molecule has 1 aromatic rings. The fraction of sp³-hybridized carbons (Fsp3) is 0.417. The molecule has 1 N–H and O–H groups in total. The predicted molar refractivity (Wildman–Crippen MR) is 69.6 cm³/mol. The van der Waals surface area contributed by atoms with Crippen molar-refractivity contribution in [3.8, 4) is 0 Å². The highest BCUT2D eigenvalue weighted by Gasteiger charge is 2.10. The summed E-state index contributed by atoms with van der Waals surface area (Å²) < 4.78 is 4.94. The average Bonchev–Trinajstić information content (AvgIpc) is 2.22. The van der Waals surface area contributed by atoms with E-state index >= 15 is 0 Å². The summed E-state index contributed by atoms with van der Waals surface area (Å²) in [4.78, 5) is 11.7. The Bertz CT molecular complexity index is 396. The molecule has 0 fully saturated rings. The minimum atomic E-state index is -0.0845. The number of methoxy groups -OCH3 is 1. The summed E-state index contributed by atoms with van der Waals surface area (Å²) >= 11 is 11.8. The molecule has 1 aromatic carbocycles. The van der Waals surface area contributed by atoms with Crippen molar-refractivity contribution in [2.24, 2.45) is 0 Å². The van der Waals surface area contributed by atoms with Gasteiger partial charge in [0.1, 0.15) is 0 Å². The summed E-state index contributed by atoms with van der Waals surface area (Å²) in [6.45, 7) is 2.37. The van der Waals surface area contributed by atoms with Crippen molar-refractivity contribution in [2.75, 3.05) is 13.7 Å². The lowest BCUT2D eigenvalue weighted by molar-refractivity contribution is -0.121. The van der Waals surface area contributed by atoms with Gasteiger partial charge in [0.15, 0.2) is 0 Å². The number of amides is 1. The van der Waals surface area contributed by atoms with Crippen LogP contribution in [-0.2, 0) is 16.0 Å². The lowest BCUT2D eigenvalue weighted by Gasteiger charge is -2.13. The molecule has 0 heterocycles. The van der Waals surface area contributed by atoms with Gasteiger partial charge in [-0.2, -0.15) is 0 Å². The molecule has 0 bridgehead atoms. The van der Waals surface area contributed by atoms with Crippen LogP contribution in [0.4, 0.5) is 0 Å². The number of benzene rings is 1. The summed E-state index contributed by atoms with van der Waals surface area (Å²) in [5.74, 6) is -0.0845. The van der Waals surface area contributed by atoms with Gasteiger partial charge in [0.25, 0.3) is 0 Å². The van der Waals surface area contributed by atoms with Crippen LogP contribution in [0.5, 0.6) is 0 Å². The van der Waals surface area contributed by atoms with Crippen LogP contribution in [0, 0.1) is 0 Å². The molecule has 0 aliphatic heterocycles. The number of hydrogen-bond acceptors (Lipinski definition) is 2. The topological polar surface area (TPSA) is 38.3 Å². The normalized spacial score (nSPS) is 12.2. The number of carbonyl (C=O) groups excluding carboxylic acids is 1. The number of nitrogens with one attached hydrogen (secondary N) is 1. The number of carbonyl (C=O) groups is 1. The van der Waals surface area contributed by atoms with E-state index in [1.807, 2.05) is 6.92 Å². The van der Waals surface area contributed by atoms with E-state index in [4.69, 9.17) is 27.9 Å². The lowest BCUT2D eigenvalue weighted by atomic mass is 10.1. The van der Waals surface area contributed by atoms with E-state index in [0.29, 0.717) is 16.7 Å². The van der Waals surface area contributed by atoms with Crippen molar-refractivity contribution >= 4 is 29.1 Å². The number of rotatable bonds is 5. The van der Waals surface area contributed by atoms with Crippen LogP contribution in [-0.4, -0.2) is 25.7 Å². The molecule has 1 amide bonds. The maximum absolute atomic E-state index is 11.7. The molecule has 1 atom stereocenters. The van der Waals surface area contributed by atoms with Crippen molar-refractivity contribution in [3.63, 3.8) is 0 Å². The molecular weight excluding hydrogens is 261 g/mol. The Morgan fingerprint density at radius 1 is 1.47 bits per heavy atom. The molecular formula is C12H15Cl2NO2. The Balaban J connectivity index is 2.56. The van der Waals surface area contributed by atoms with Crippen LogP contribution < -0.4 is 5.32 Å². The van der Waals surface area contributed by atoms with Crippen molar-refractivity contribution in [3.05, 3.63) is 33.8 Å². The first-order valence-corrected chi connectivity index (χ1v) is 6.00. The van der Waals surface area contributed by atoms with E-state index in [0.717, 1.165) is 5.56 Å². The third kappa shape index (κ3) is 4.94. The maximum Gasteiger partial charge on any atom is 0.224 e. The third-order valence-corrected chi connectivity index (χ3v) is 2.78. The molecule has 0 saturated carbocycles. The van der Waals surface area contributed by atoms with Crippen molar-refractivity contribution in [1.29, 1.82) is 0 Å². The van der Waals surface area contributed by atoms with Gasteiger partial charge in [0.2, 0.25) is 5.91 Å². The van der Waals surface area contributed by atoms with Crippen LogP contribution in [0.1, 0.15) is 12.5 Å². The number of hydrogen-bond donors (Lipinski definition) is 1. The van der Waals surface area contributed by atoms with E-state index in [2.05, 4.69) is 5.32 Å². The van der Waals surface area contributed by atoms with E-state index in [-0.39, 0.29) is 18.4 Å². The minimum Gasteiger partial charge on any atom is -0.383 e. The first-order chi connectivity index (χ1) is 8.02. The smallest absolute Gasteiger partial charge is 0.224 e. The van der Waals surface area contributed by atoms with E-state index in [1.165, 1.54) is 0 Å². The molecule has 0 saturated heterocycles. The highest BCUT2D eigenvalue weighted by atomic mass is 35.5. The van der Waals surface area contributed by atoms with Crippen LogP contribution in [0.25, 0.3) is 0 Å². The molecule has 94 valence electrons. The molecule has 17 heavy (non-hydrogen) atoms. The lowest BCUT2D eigenvalue weighted by Crippen LogP contribution is -2.36. The zero-order valence-electron chi connectivity index (χ0n) is 9.80. The molecule has 0 radical (unpaired) electrons. The third-order valence-electron chi connectivity index (χ3n) is 2.19. The molecule has 1 rings (SSSR count). The SMILES string of the molecule is COCC(C)NC(=O)Cc1ccc(Cl)cc1Cl. The monoisotopic (exact) mass is 275 g/mol. The number of ether oxygens (including phenoxy) is 1. The fourth-order valence-electron chi connectivity index (χ4n) is 1.46. The quantitative estimate of drug-likeness (QED) is 0.898. The van der Waals surface area contributed by atoms with Crippen molar-refractivity contribution in [1.82, 2.24) is 5.32 Å². The second-order valence-electron chi connectivity index (χ2n) is 3.84. The first kappa shape index (κ1) is 14.3. The molecule has 0 aliphatic rings. The first-order valence-electron chi connectivity index (χ1n) is 5.25. The maximum atomic E-state index is 11.7. The Morgan fingerprint density at radius 2 is 2.18 bits per heavy atom. The van der Waals surface area contributed by atoms with Gasteiger partial charge >= 0.3 is 0 Å². The Labute approximate surface area is 111 Å². The predicted octanol–water partition coefficient (Wildman–Crippen LogP) is 2.69. The summed E-state index contributed by atoms with van der Waals surface area (Å²) in [5, 5.41) is 3.88. The summed E-state index contributed by atoms with van der Waals surface area (Å²) in [6.07, 6.45) is 0.240. The van der Waals surface area contributed by atoms with Crippen LogP contribution in [0.15, 0.2) is 18.2 Å². The van der Waals surface area contributed by atoms with Gasteiger partial charge in [-0.1, -0.05) is 29.3 Å². The Kier molecular flexibility index (Phi) is 5.75. The molecule has 0 aromatic heterocycles. The van der Waals surface area contributed by atoms with Gasteiger partial charge in [0, 0.05) is 23.2 Å². The molecule has 1 unspecified atom stereocenters. The zero-order valence-corrected chi connectivity index (χ0v) is 11.3. The van der Waals surface area contributed by atoms with Gasteiger partial charge in [-0.15, -0.1) is 0 Å². The van der Waals surface area contributed by atoms with Crippen LogP contribution >= 0.6 is 23.2 Å². The van der Waals surface area contributed by atoms with Gasteiger partial charge in [0.05, 0.1) is 13.0 Å². The van der Waals surface area contributed by atoms with Crippen molar-refractivity contribution < 1.29 is 9.53 Å². The average molecular weight is 276 g/mol. The highest BCUT2D eigenvalue weighted by molar-refractivity contribution is 6.35. The minimum absolute atomic E-state index is 0.0152. The highest BCUT2D eigenvalue weighted by Crippen LogP contribution is 2.21.